The summed E-state index contributed by atoms with van der Waals surface area (Å²) in [6.45, 7) is 4.40. The highest BCUT2D eigenvalue weighted by Gasteiger charge is 2.06. The molecular formula is C24H25NO2S. The fourth-order valence-corrected chi connectivity index (χ4v) is 3.70. The first-order valence-electron chi connectivity index (χ1n) is 9.48. The summed E-state index contributed by atoms with van der Waals surface area (Å²) < 4.78 is 4.99. The predicted octanol–water partition coefficient (Wildman–Crippen LogP) is 6.12. The Morgan fingerprint density at radius 2 is 1.54 bits per heavy atom. The van der Waals surface area contributed by atoms with Crippen LogP contribution in [-0.4, -0.2) is 12.6 Å². The number of hydrogen-bond acceptors (Lipinski definition) is 4. The number of ether oxygens (including phenoxy) is 1. The Bertz CT molecular complexity index is 877. The van der Waals surface area contributed by atoms with Crippen LogP contribution in [-0.2, 0) is 16.0 Å². The van der Waals surface area contributed by atoms with E-state index in [0.717, 1.165) is 16.1 Å². The Morgan fingerprint density at radius 3 is 2.14 bits per heavy atom. The number of carbonyl (C=O) groups excluding carboxylic acids is 1. The molecule has 0 saturated heterocycles. The van der Waals surface area contributed by atoms with Gasteiger partial charge in [0.25, 0.3) is 0 Å². The smallest absolute Gasteiger partial charge is 0.310 e. The van der Waals surface area contributed by atoms with Crippen molar-refractivity contribution in [3.05, 3.63) is 90.0 Å². The second-order valence-corrected chi connectivity index (χ2v) is 7.68. The number of rotatable bonds is 8. The van der Waals surface area contributed by atoms with Crippen molar-refractivity contribution in [2.24, 2.45) is 0 Å². The Morgan fingerprint density at radius 1 is 0.929 bits per heavy atom. The quantitative estimate of drug-likeness (QED) is 0.470. The van der Waals surface area contributed by atoms with Crippen LogP contribution in [0.5, 0.6) is 0 Å². The minimum Gasteiger partial charge on any atom is -0.466 e. The van der Waals surface area contributed by atoms with Gasteiger partial charge in [-0.2, -0.15) is 0 Å². The van der Waals surface area contributed by atoms with Crippen molar-refractivity contribution >= 4 is 23.4 Å². The summed E-state index contributed by atoms with van der Waals surface area (Å²) in [6.07, 6.45) is 0.318. The maximum absolute atomic E-state index is 11.6. The summed E-state index contributed by atoms with van der Waals surface area (Å²) in [6, 6.07) is 27.2. The molecule has 1 N–H and O–H groups in total. The molecule has 0 aliphatic heterocycles. The van der Waals surface area contributed by atoms with Gasteiger partial charge in [-0.25, -0.2) is 0 Å². The highest BCUT2D eigenvalue weighted by Crippen LogP contribution is 2.29. The standard InChI is InChI=1S/C24H25NO2S/c1-3-27-24(26)17-19-9-13-22(14-10-19)28-23-15-11-21(12-16-23)25-18(2)20-7-5-4-6-8-20/h4-16,18,25H,3,17H2,1-2H3. The largest absolute Gasteiger partial charge is 0.466 e. The van der Waals surface area contributed by atoms with E-state index in [-0.39, 0.29) is 12.0 Å². The molecule has 144 valence electrons. The van der Waals surface area contributed by atoms with E-state index in [1.807, 2.05) is 37.3 Å². The van der Waals surface area contributed by atoms with Gasteiger partial charge in [-0.15, -0.1) is 0 Å². The van der Waals surface area contributed by atoms with Crippen LogP contribution in [0.2, 0.25) is 0 Å². The van der Waals surface area contributed by atoms with Crippen molar-refractivity contribution in [3.8, 4) is 0 Å². The molecule has 1 atom stereocenters. The van der Waals surface area contributed by atoms with Crippen molar-refractivity contribution in [1.82, 2.24) is 0 Å². The van der Waals surface area contributed by atoms with Gasteiger partial charge in [-0.05, 0) is 61.4 Å². The van der Waals surface area contributed by atoms with E-state index >= 15 is 0 Å². The lowest BCUT2D eigenvalue weighted by atomic mass is 10.1. The summed E-state index contributed by atoms with van der Waals surface area (Å²) in [5.74, 6) is -0.185. The topological polar surface area (TPSA) is 38.3 Å². The van der Waals surface area contributed by atoms with Crippen molar-refractivity contribution in [2.75, 3.05) is 11.9 Å². The Hall–Kier alpha value is -2.72. The minimum atomic E-state index is -0.185. The molecule has 0 aromatic heterocycles. The second-order valence-electron chi connectivity index (χ2n) is 6.53. The van der Waals surface area contributed by atoms with E-state index in [4.69, 9.17) is 4.74 Å². The molecule has 0 fully saturated rings. The van der Waals surface area contributed by atoms with Crippen LogP contribution in [0.4, 0.5) is 5.69 Å². The Balaban J connectivity index is 1.56. The average Bonchev–Trinajstić information content (AvgIpc) is 2.72. The fraction of sp³-hybridized carbons (Fsp3) is 0.208. The summed E-state index contributed by atoms with van der Waals surface area (Å²) in [7, 11) is 0. The van der Waals surface area contributed by atoms with Gasteiger partial charge in [0.2, 0.25) is 0 Å². The van der Waals surface area contributed by atoms with E-state index in [1.165, 1.54) is 10.5 Å². The lowest BCUT2D eigenvalue weighted by molar-refractivity contribution is -0.142. The van der Waals surface area contributed by atoms with Gasteiger partial charge in [0.15, 0.2) is 0 Å². The van der Waals surface area contributed by atoms with Crippen LogP contribution in [0.25, 0.3) is 0 Å². The van der Waals surface area contributed by atoms with Gasteiger partial charge in [-0.1, -0.05) is 54.2 Å². The van der Waals surface area contributed by atoms with Gasteiger partial charge in [0, 0.05) is 21.5 Å². The molecule has 0 heterocycles. The molecule has 0 aliphatic rings. The van der Waals surface area contributed by atoms with Crippen molar-refractivity contribution in [2.45, 2.75) is 36.1 Å². The van der Waals surface area contributed by atoms with Crippen molar-refractivity contribution in [3.63, 3.8) is 0 Å². The zero-order chi connectivity index (χ0) is 19.8. The van der Waals surface area contributed by atoms with Crippen LogP contribution in [0.1, 0.15) is 31.0 Å². The summed E-state index contributed by atoms with van der Waals surface area (Å²) in [5.41, 5.74) is 3.34. The zero-order valence-electron chi connectivity index (χ0n) is 16.2. The number of benzene rings is 3. The average molecular weight is 392 g/mol. The molecule has 0 radical (unpaired) electrons. The molecule has 1 unspecified atom stereocenters. The van der Waals surface area contributed by atoms with Crippen LogP contribution in [0.3, 0.4) is 0 Å². The first-order valence-corrected chi connectivity index (χ1v) is 10.3. The number of carbonyl (C=O) groups is 1. The first kappa shape index (κ1) is 20.0. The molecule has 3 aromatic carbocycles. The Kier molecular flexibility index (Phi) is 7.15. The number of anilines is 1. The summed E-state index contributed by atoms with van der Waals surface area (Å²) in [4.78, 5) is 13.9. The normalized spacial score (nSPS) is 11.6. The van der Waals surface area contributed by atoms with E-state index in [1.54, 1.807) is 11.8 Å². The van der Waals surface area contributed by atoms with Gasteiger partial charge < -0.3 is 10.1 Å². The van der Waals surface area contributed by atoms with Crippen molar-refractivity contribution < 1.29 is 9.53 Å². The van der Waals surface area contributed by atoms with Crippen LogP contribution < -0.4 is 5.32 Å². The molecule has 3 aromatic rings. The lowest BCUT2D eigenvalue weighted by Crippen LogP contribution is -2.07. The van der Waals surface area contributed by atoms with Crippen LogP contribution in [0.15, 0.2) is 88.7 Å². The van der Waals surface area contributed by atoms with Gasteiger partial charge >= 0.3 is 5.97 Å². The number of nitrogens with one attached hydrogen (secondary N) is 1. The predicted molar refractivity (Wildman–Crippen MR) is 116 cm³/mol. The minimum absolute atomic E-state index is 0.185. The molecule has 0 amide bonds. The van der Waals surface area contributed by atoms with Gasteiger partial charge in [0.1, 0.15) is 0 Å². The molecule has 0 spiro atoms. The van der Waals surface area contributed by atoms with E-state index in [2.05, 4.69) is 60.8 Å². The zero-order valence-corrected chi connectivity index (χ0v) is 17.0. The molecular weight excluding hydrogens is 366 g/mol. The fourth-order valence-electron chi connectivity index (χ4n) is 2.88. The Labute approximate surface area is 171 Å². The first-order chi connectivity index (χ1) is 13.6. The second kappa shape index (κ2) is 10.00. The van der Waals surface area contributed by atoms with E-state index in [9.17, 15) is 4.79 Å². The highest BCUT2D eigenvalue weighted by molar-refractivity contribution is 7.99. The lowest BCUT2D eigenvalue weighted by Gasteiger charge is -2.16. The molecule has 0 saturated carbocycles. The SMILES string of the molecule is CCOC(=O)Cc1ccc(Sc2ccc(NC(C)c3ccccc3)cc2)cc1. The maximum Gasteiger partial charge on any atom is 0.310 e. The molecule has 0 bridgehead atoms. The van der Waals surface area contributed by atoms with Crippen LogP contribution in [0, 0.1) is 0 Å². The van der Waals surface area contributed by atoms with Gasteiger partial charge in [0.05, 0.1) is 13.0 Å². The number of esters is 1. The molecule has 4 heteroatoms. The third-order valence-corrected chi connectivity index (χ3v) is 5.37. The summed E-state index contributed by atoms with van der Waals surface area (Å²) >= 11 is 1.71. The monoisotopic (exact) mass is 391 g/mol. The highest BCUT2D eigenvalue weighted by atomic mass is 32.2. The van der Waals surface area contributed by atoms with Crippen molar-refractivity contribution in [1.29, 1.82) is 0 Å². The molecule has 0 aliphatic carbocycles. The molecule has 3 rings (SSSR count). The third-order valence-electron chi connectivity index (χ3n) is 4.35. The number of hydrogen-bond donors (Lipinski definition) is 1. The molecule has 28 heavy (non-hydrogen) atoms. The third kappa shape index (κ3) is 5.89. The van der Waals surface area contributed by atoms with E-state index in [0.29, 0.717) is 13.0 Å². The van der Waals surface area contributed by atoms with E-state index < -0.39 is 0 Å². The summed E-state index contributed by atoms with van der Waals surface area (Å²) in [5, 5.41) is 3.53. The maximum atomic E-state index is 11.6. The molecule has 3 nitrogen and oxygen atoms in total. The van der Waals surface area contributed by atoms with Gasteiger partial charge in [-0.3, -0.25) is 4.79 Å². The van der Waals surface area contributed by atoms with Crippen LogP contribution >= 0.6 is 11.8 Å².